The van der Waals surface area contributed by atoms with Crippen LogP contribution in [0.3, 0.4) is 0 Å². The van der Waals surface area contributed by atoms with Gasteiger partial charge in [0.15, 0.2) is 0 Å². The third-order valence-electron chi connectivity index (χ3n) is 4.11. The van der Waals surface area contributed by atoms with Crippen molar-refractivity contribution in [1.82, 2.24) is 4.57 Å². The fraction of sp³-hybridized carbons (Fsp3) is 0.211. The number of hydrogen-bond donors (Lipinski definition) is 3. The van der Waals surface area contributed by atoms with E-state index in [0.717, 1.165) is 5.56 Å². The molecule has 24 heavy (non-hydrogen) atoms. The molecule has 0 saturated carbocycles. The van der Waals surface area contributed by atoms with Crippen LogP contribution in [0.15, 0.2) is 42.5 Å². The average Bonchev–Trinajstić information content (AvgIpc) is 2.83. The van der Waals surface area contributed by atoms with Crippen molar-refractivity contribution in [2.75, 3.05) is 0 Å². The number of carbonyl (C=O) groups is 1. The van der Waals surface area contributed by atoms with E-state index in [2.05, 4.69) is 0 Å². The highest BCUT2D eigenvalue weighted by molar-refractivity contribution is 6.06. The van der Waals surface area contributed by atoms with E-state index in [-0.39, 0.29) is 23.0 Å². The third-order valence-corrected chi connectivity index (χ3v) is 4.11. The Kier molecular flexibility index (Phi) is 3.93. The molecule has 124 valence electrons. The van der Waals surface area contributed by atoms with E-state index >= 15 is 0 Å². The Morgan fingerprint density at radius 2 is 1.83 bits per heavy atom. The second kappa shape index (κ2) is 5.92. The minimum Gasteiger partial charge on any atom is -0.508 e. The topological polar surface area (TPSA) is 82.7 Å². The lowest BCUT2D eigenvalue weighted by Gasteiger charge is -2.15. The van der Waals surface area contributed by atoms with Crippen molar-refractivity contribution in [2.24, 2.45) is 0 Å². The first kappa shape index (κ1) is 15.9. The van der Waals surface area contributed by atoms with Gasteiger partial charge >= 0.3 is 5.97 Å². The summed E-state index contributed by atoms with van der Waals surface area (Å²) in [5.74, 6) is -0.857. The number of hydrogen-bond acceptors (Lipinski definition) is 3. The maximum absolute atomic E-state index is 11.8. The van der Waals surface area contributed by atoms with Gasteiger partial charge in [-0.3, -0.25) is 0 Å². The molecule has 0 amide bonds. The maximum Gasteiger partial charge on any atom is 0.338 e. The van der Waals surface area contributed by atoms with Crippen molar-refractivity contribution in [3.63, 3.8) is 0 Å². The van der Waals surface area contributed by atoms with Gasteiger partial charge in [0.2, 0.25) is 0 Å². The lowest BCUT2D eigenvalue weighted by Crippen LogP contribution is -2.09. The van der Waals surface area contributed by atoms with Crippen LogP contribution in [0.4, 0.5) is 0 Å². The zero-order valence-corrected chi connectivity index (χ0v) is 13.5. The number of carboxylic acid groups (broad SMARTS) is 1. The van der Waals surface area contributed by atoms with Gasteiger partial charge in [-0.1, -0.05) is 38.1 Å². The number of rotatable bonds is 4. The summed E-state index contributed by atoms with van der Waals surface area (Å²) in [6.45, 7) is 4.22. The summed E-state index contributed by atoms with van der Waals surface area (Å²) in [7, 11) is 0. The molecule has 0 spiro atoms. The highest BCUT2D eigenvalue weighted by Gasteiger charge is 2.25. The van der Waals surface area contributed by atoms with Crippen LogP contribution >= 0.6 is 0 Å². The molecular weight excluding hydrogens is 306 g/mol. The van der Waals surface area contributed by atoms with Gasteiger partial charge in [-0.05, 0) is 29.7 Å². The minimum absolute atomic E-state index is 0.0415. The lowest BCUT2D eigenvalue weighted by molar-refractivity contribution is 0.0697. The van der Waals surface area contributed by atoms with E-state index in [0.29, 0.717) is 23.1 Å². The summed E-state index contributed by atoms with van der Waals surface area (Å²) >= 11 is 0. The van der Waals surface area contributed by atoms with E-state index < -0.39 is 5.97 Å². The molecule has 0 aliphatic heterocycles. The molecule has 0 aliphatic rings. The highest BCUT2D eigenvalue weighted by Crippen LogP contribution is 2.36. The van der Waals surface area contributed by atoms with Crippen LogP contribution in [-0.2, 0) is 6.54 Å². The van der Waals surface area contributed by atoms with E-state index in [4.69, 9.17) is 0 Å². The van der Waals surface area contributed by atoms with Gasteiger partial charge in [-0.25, -0.2) is 4.79 Å². The molecule has 5 nitrogen and oxygen atoms in total. The summed E-state index contributed by atoms with van der Waals surface area (Å²) in [6, 6.07) is 11.7. The number of benzene rings is 2. The van der Waals surface area contributed by atoms with E-state index in [1.165, 1.54) is 0 Å². The first-order chi connectivity index (χ1) is 11.4. The fourth-order valence-corrected chi connectivity index (χ4v) is 3.24. The number of aromatic nitrogens is 1. The number of aromatic carboxylic acids is 1. The Labute approximate surface area is 139 Å². The van der Waals surface area contributed by atoms with Crippen LogP contribution in [0.25, 0.3) is 10.9 Å². The maximum atomic E-state index is 11.8. The second-order valence-electron chi connectivity index (χ2n) is 6.15. The van der Waals surface area contributed by atoms with Gasteiger partial charge < -0.3 is 19.9 Å². The summed E-state index contributed by atoms with van der Waals surface area (Å²) in [5.41, 5.74) is 2.20. The minimum atomic E-state index is -1.01. The molecule has 0 radical (unpaired) electrons. The van der Waals surface area contributed by atoms with Gasteiger partial charge in [0.25, 0.3) is 0 Å². The summed E-state index contributed by atoms with van der Waals surface area (Å²) in [6.07, 6.45) is 0. The molecule has 2 aromatic carbocycles. The molecule has 5 heteroatoms. The lowest BCUT2D eigenvalue weighted by atomic mass is 10.0. The SMILES string of the molecule is CC(C)c1c(C(=O)O)c2cccc(O)c2n1Cc1cccc(O)c1. The molecule has 1 aromatic heterocycles. The van der Waals surface area contributed by atoms with Crippen LogP contribution in [0.2, 0.25) is 0 Å². The van der Waals surface area contributed by atoms with Gasteiger partial charge in [-0.2, -0.15) is 0 Å². The number of phenols is 2. The van der Waals surface area contributed by atoms with Crippen molar-refractivity contribution in [1.29, 1.82) is 0 Å². The standard InChI is InChI=1S/C19H19NO4/c1-11(2)17-16(19(23)24)14-7-4-8-15(22)18(14)20(17)10-12-5-3-6-13(21)9-12/h3-9,11,21-22H,10H2,1-2H3,(H,23,24). The quantitative estimate of drug-likeness (QED) is 0.679. The zero-order valence-electron chi connectivity index (χ0n) is 13.5. The van der Waals surface area contributed by atoms with Crippen molar-refractivity contribution >= 4 is 16.9 Å². The predicted octanol–water partition coefficient (Wildman–Crippen LogP) is 3.92. The highest BCUT2D eigenvalue weighted by atomic mass is 16.4. The fourth-order valence-electron chi connectivity index (χ4n) is 3.24. The Morgan fingerprint density at radius 3 is 2.46 bits per heavy atom. The molecule has 0 atom stereocenters. The van der Waals surface area contributed by atoms with E-state index in [1.807, 2.05) is 24.5 Å². The molecule has 3 rings (SSSR count). The number of para-hydroxylation sites is 1. The van der Waals surface area contributed by atoms with Crippen molar-refractivity contribution in [3.05, 3.63) is 59.3 Å². The number of phenolic OH excluding ortho intramolecular Hbond substituents is 2. The number of carboxylic acids is 1. The van der Waals surface area contributed by atoms with Crippen LogP contribution in [0, 0.1) is 0 Å². The van der Waals surface area contributed by atoms with Crippen molar-refractivity contribution < 1.29 is 20.1 Å². The molecule has 0 aliphatic carbocycles. The van der Waals surface area contributed by atoms with Crippen molar-refractivity contribution in [2.45, 2.75) is 26.3 Å². The predicted molar refractivity (Wildman–Crippen MR) is 91.9 cm³/mol. The van der Waals surface area contributed by atoms with Gasteiger partial charge in [-0.15, -0.1) is 0 Å². The summed E-state index contributed by atoms with van der Waals surface area (Å²) < 4.78 is 1.83. The number of fused-ring (bicyclic) bond motifs is 1. The number of nitrogens with zero attached hydrogens (tertiary/aromatic N) is 1. The second-order valence-corrected chi connectivity index (χ2v) is 6.15. The van der Waals surface area contributed by atoms with Crippen LogP contribution < -0.4 is 0 Å². The van der Waals surface area contributed by atoms with E-state index in [9.17, 15) is 20.1 Å². The molecule has 1 heterocycles. The Balaban J connectivity index is 2.32. The summed E-state index contributed by atoms with van der Waals surface area (Å²) in [5, 5.41) is 30.2. The van der Waals surface area contributed by atoms with Gasteiger partial charge in [0.1, 0.15) is 11.5 Å². The molecule has 3 N–H and O–H groups in total. The monoisotopic (exact) mass is 325 g/mol. The normalized spacial score (nSPS) is 11.3. The Bertz CT molecular complexity index is 925. The molecule has 0 fully saturated rings. The first-order valence-electron chi connectivity index (χ1n) is 7.75. The summed E-state index contributed by atoms with van der Waals surface area (Å²) in [4.78, 5) is 11.8. The molecule has 0 bridgehead atoms. The van der Waals surface area contributed by atoms with E-state index in [1.54, 1.807) is 36.4 Å². The van der Waals surface area contributed by atoms with Crippen LogP contribution in [0.1, 0.15) is 41.4 Å². The Morgan fingerprint density at radius 1 is 1.12 bits per heavy atom. The molecule has 0 unspecified atom stereocenters. The third kappa shape index (κ3) is 2.58. The van der Waals surface area contributed by atoms with Crippen LogP contribution in [-0.4, -0.2) is 25.9 Å². The van der Waals surface area contributed by atoms with Crippen molar-refractivity contribution in [3.8, 4) is 11.5 Å². The zero-order chi connectivity index (χ0) is 17.4. The molecule has 0 saturated heterocycles. The molecule has 3 aromatic rings. The van der Waals surface area contributed by atoms with Gasteiger partial charge in [0.05, 0.1) is 11.1 Å². The number of aromatic hydroxyl groups is 2. The first-order valence-corrected chi connectivity index (χ1v) is 7.75. The van der Waals surface area contributed by atoms with Gasteiger partial charge in [0, 0.05) is 17.6 Å². The molecular formula is C19H19NO4. The smallest absolute Gasteiger partial charge is 0.338 e. The average molecular weight is 325 g/mol. The largest absolute Gasteiger partial charge is 0.508 e. The van der Waals surface area contributed by atoms with Crippen LogP contribution in [0.5, 0.6) is 11.5 Å². The Hall–Kier alpha value is -2.95.